The number of allylic oxidation sites excluding steroid dienone is 1. The van der Waals surface area contributed by atoms with Crippen LogP contribution in [-0.2, 0) is 6.54 Å². The van der Waals surface area contributed by atoms with Crippen LogP contribution in [-0.4, -0.2) is 15.0 Å². The highest BCUT2D eigenvalue weighted by Gasteiger charge is 2.23. The van der Waals surface area contributed by atoms with E-state index in [1.807, 2.05) is 16.8 Å². The van der Waals surface area contributed by atoms with Gasteiger partial charge in [0.1, 0.15) is 5.52 Å². The van der Waals surface area contributed by atoms with E-state index >= 15 is 0 Å². The molecule has 0 spiro atoms. The molecule has 2 aromatic rings. The third kappa shape index (κ3) is 2.00. The summed E-state index contributed by atoms with van der Waals surface area (Å²) in [5.41, 5.74) is 2.48. The minimum Gasteiger partial charge on any atom is -0.244 e. The number of benzene rings is 1. The Kier molecular flexibility index (Phi) is 2.81. The molecular weight excluding hydrogens is 246 g/mol. The first-order valence-corrected chi connectivity index (χ1v) is 6.31. The van der Waals surface area contributed by atoms with Gasteiger partial charge in [0.25, 0.3) is 0 Å². The Labute approximate surface area is 110 Å². The molecule has 1 aliphatic carbocycles. The molecule has 0 N–H and O–H groups in total. The summed E-state index contributed by atoms with van der Waals surface area (Å²) in [5.74, 6) is 6.49. The van der Waals surface area contributed by atoms with E-state index in [0.717, 1.165) is 29.1 Å². The van der Waals surface area contributed by atoms with E-state index in [0.29, 0.717) is 5.02 Å². The van der Waals surface area contributed by atoms with Crippen molar-refractivity contribution in [1.82, 2.24) is 15.0 Å². The van der Waals surface area contributed by atoms with E-state index in [1.165, 1.54) is 12.8 Å². The topological polar surface area (TPSA) is 30.7 Å². The Bertz CT molecular complexity index is 671. The lowest BCUT2D eigenvalue weighted by molar-refractivity contribution is 0.559. The summed E-state index contributed by atoms with van der Waals surface area (Å²) >= 11 is 6.29. The molecule has 0 saturated heterocycles. The molecule has 0 aliphatic heterocycles. The van der Waals surface area contributed by atoms with Crippen LogP contribution in [0.3, 0.4) is 0 Å². The van der Waals surface area contributed by atoms with Crippen LogP contribution in [0, 0.1) is 17.8 Å². The summed E-state index contributed by atoms with van der Waals surface area (Å²) in [7, 11) is 0. The highest BCUT2D eigenvalue weighted by molar-refractivity contribution is 6.36. The summed E-state index contributed by atoms with van der Waals surface area (Å²) in [6.45, 7) is 4.50. The van der Waals surface area contributed by atoms with Gasteiger partial charge < -0.3 is 0 Å². The zero-order valence-electron chi connectivity index (χ0n) is 9.86. The van der Waals surface area contributed by atoms with Gasteiger partial charge in [0.15, 0.2) is 0 Å². The summed E-state index contributed by atoms with van der Waals surface area (Å²) in [5, 5.41) is 8.90. The van der Waals surface area contributed by atoms with Crippen LogP contribution in [0.5, 0.6) is 0 Å². The molecule has 1 aliphatic rings. The number of halogens is 1. The van der Waals surface area contributed by atoms with Gasteiger partial charge in [0, 0.05) is 12.1 Å². The smallest absolute Gasteiger partial charge is 0.133 e. The fraction of sp³-hybridized carbons (Fsp3) is 0.286. The summed E-state index contributed by atoms with van der Waals surface area (Å²) in [6, 6.07) is 3.89. The van der Waals surface area contributed by atoms with Crippen molar-refractivity contribution in [3.8, 4) is 11.8 Å². The highest BCUT2D eigenvalue weighted by atomic mass is 35.5. The molecule has 1 saturated carbocycles. The van der Waals surface area contributed by atoms with Crippen LogP contribution in [0.1, 0.15) is 18.4 Å². The molecule has 0 unspecified atom stereocenters. The lowest BCUT2D eigenvalue weighted by Gasteiger charge is -2.01. The molecule has 1 aromatic heterocycles. The average molecular weight is 258 g/mol. The molecule has 1 fully saturated rings. The summed E-state index contributed by atoms with van der Waals surface area (Å²) < 4.78 is 1.93. The van der Waals surface area contributed by atoms with Gasteiger partial charge in [-0.05, 0) is 37.0 Å². The van der Waals surface area contributed by atoms with Gasteiger partial charge in [-0.3, -0.25) is 0 Å². The van der Waals surface area contributed by atoms with Gasteiger partial charge >= 0.3 is 0 Å². The molecule has 90 valence electrons. The zero-order valence-corrected chi connectivity index (χ0v) is 10.6. The molecule has 3 rings (SSSR count). The second kappa shape index (κ2) is 4.47. The van der Waals surface area contributed by atoms with E-state index in [1.54, 1.807) is 6.08 Å². The van der Waals surface area contributed by atoms with Crippen molar-refractivity contribution in [3.63, 3.8) is 0 Å². The lowest BCUT2D eigenvalue weighted by atomic mass is 10.2. The van der Waals surface area contributed by atoms with Gasteiger partial charge in [0.05, 0.1) is 10.5 Å². The molecule has 0 amide bonds. The molecule has 4 heteroatoms. The van der Waals surface area contributed by atoms with E-state index in [9.17, 15) is 0 Å². The molecular formula is C14H12ClN3. The van der Waals surface area contributed by atoms with Gasteiger partial charge in [-0.1, -0.05) is 35.2 Å². The van der Waals surface area contributed by atoms with Gasteiger partial charge in [-0.2, -0.15) is 0 Å². The molecule has 0 atom stereocenters. The first kappa shape index (κ1) is 11.3. The molecule has 1 aromatic carbocycles. The normalized spacial score (nSPS) is 14.3. The first-order valence-electron chi connectivity index (χ1n) is 5.93. The second-order valence-corrected chi connectivity index (χ2v) is 4.86. The largest absolute Gasteiger partial charge is 0.244 e. The van der Waals surface area contributed by atoms with Gasteiger partial charge in [-0.25, -0.2) is 4.68 Å². The van der Waals surface area contributed by atoms with E-state index in [2.05, 4.69) is 28.7 Å². The zero-order chi connectivity index (χ0) is 12.5. The van der Waals surface area contributed by atoms with Crippen LogP contribution in [0.4, 0.5) is 0 Å². The predicted molar refractivity (Wildman–Crippen MR) is 72.3 cm³/mol. The maximum Gasteiger partial charge on any atom is 0.133 e. The number of hydrogen-bond donors (Lipinski definition) is 0. The Morgan fingerprint density at radius 3 is 3.06 bits per heavy atom. The van der Waals surface area contributed by atoms with E-state index < -0.39 is 0 Å². The molecule has 1 heterocycles. The maximum absolute atomic E-state index is 6.29. The molecule has 0 bridgehead atoms. The summed E-state index contributed by atoms with van der Waals surface area (Å²) in [6.07, 6.45) is 4.13. The van der Waals surface area contributed by atoms with Crippen molar-refractivity contribution in [2.75, 3.05) is 0 Å². The SMILES string of the molecule is C=CC#Cc1ccc2c(nnn2CC2CC2)c1Cl. The first-order chi connectivity index (χ1) is 8.79. The predicted octanol–water partition coefficient (Wildman–Crippen LogP) is 3.03. The Morgan fingerprint density at radius 2 is 2.33 bits per heavy atom. The Morgan fingerprint density at radius 1 is 1.50 bits per heavy atom. The Hall–Kier alpha value is -1.79. The van der Waals surface area contributed by atoms with Crippen LogP contribution in [0.15, 0.2) is 24.8 Å². The average Bonchev–Trinajstić information content (AvgIpc) is 3.09. The number of rotatable bonds is 2. The van der Waals surface area contributed by atoms with Crippen LogP contribution in [0.25, 0.3) is 11.0 Å². The van der Waals surface area contributed by atoms with Crippen molar-refractivity contribution < 1.29 is 0 Å². The third-order valence-corrected chi connectivity index (χ3v) is 3.45. The van der Waals surface area contributed by atoms with Crippen LogP contribution >= 0.6 is 11.6 Å². The number of fused-ring (bicyclic) bond motifs is 1. The van der Waals surface area contributed by atoms with Crippen molar-refractivity contribution in [2.24, 2.45) is 5.92 Å². The maximum atomic E-state index is 6.29. The summed E-state index contributed by atoms with van der Waals surface area (Å²) in [4.78, 5) is 0. The van der Waals surface area contributed by atoms with E-state index in [4.69, 9.17) is 11.6 Å². The monoisotopic (exact) mass is 257 g/mol. The standard InChI is InChI=1S/C14H12ClN3/c1-2-3-4-11-7-8-12-14(13(11)15)16-17-18(12)9-10-5-6-10/h2,7-8,10H,1,5-6,9H2. The van der Waals surface area contributed by atoms with Crippen molar-refractivity contribution in [2.45, 2.75) is 19.4 Å². The van der Waals surface area contributed by atoms with Crippen molar-refractivity contribution in [3.05, 3.63) is 35.4 Å². The quantitative estimate of drug-likeness (QED) is 0.775. The number of nitrogens with zero attached hydrogens (tertiary/aromatic N) is 3. The number of aromatic nitrogens is 3. The molecule has 0 radical (unpaired) electrons. The van der Waals surface area contributed by atoms with Crippen LogP contribution < -0.4 is 0 Å². The van der Waals surface area contributed by atoms with E-state index in [-0.39, 0.29) is 0 Å². The minimum absolute atomic E-state index is 0.573. The lowest BCUT2D eigenvalue weighted by Crippen LogP contribution is -2.01. The fourth-order valence-electron chi connectivity index (χ4n) is 1.91. The van der Waals surface area contributed by atoms with Crippen LogP contribution in [0.2, 0.25) is 5.02 Å². The minimum atomic E-state index is 0.573. The number of hydrogen-bond acceptors (Lipinski definition) is 2. The highest BCUT2D eigenvalue weighted by Crippen LogP contribution is 2.32. The third-order valence-electron chi connectivity index (χ3n) is 3.06. The molecule has 3 nitrogen and oxygen atoms in total. The van der Waals surface area contributed by atoms with Crippen molar-refractivity contribution >= 4 is 22.6 Å². The Balaban J connectivity index is 2.06. The second-order valence-electron chi connectivity index (χ2n) is 4.48. The van der Waals surface area contributed by atoms with Gasteiger partial charge in [-0.15, -0.1) is 5.10 Å². The fourth-order valence-corrected chi connectivity index (χ4v) is 2.15. The van der Waals surface area contributed by atoms with Crippen molar-refractivity contribution in [1.29, 1.82) is 0 Å². The van der Waals surface area contributed by atoms with Gasteiger partial charge in [0.2, 0.25) is 0 Å². The molecule has 18 heavy (non-hydrogen) atoms.